The quantitative estimate of drug-likeness (QED) is 0.774. The van der Waals surface area contributed by atoms with Crippen LogP contribution in [0, 0.1) is 12.8 Å². The molecule has 0 saturated carbocycles. The Morgan fingerprint density at radius 2 is 2.21 bits per heavy atom. The third-order valence-electron chi connectivity index (χ3n) is 1.86. The van der Waals surface area contributed by atoms with E-state index in [1.807, 2.05) is 6.92 Å². The van der Waals surface area contributed by atoms with Crippen LogP contribution in [-0.2, 0) is 6.42 Å². The summed E-state index contributed by atoms with van der Waals surface area (Å²) in [5.41, 5.74) is 6.13. The Hall–Kier alpha value is -0.740. The number of hydrogen-bond donors (Lipinski definition) is 1. The molecule has 1 rings (SSSR count). The molecule has 0 aliphatic carbocycles. The van der Waals surface area contributed by atoms with Crippen LogP contribution in [0.5, 0.6) is 0 Å². The molecule has 0 radical (unpaired) electrons. The van der Waals surface area contributed by atoms with Gasteiger partial charge < -0.3 is 5.73 Å². The molecule has 0 bridgehead atoms. The highest BCUT2D eigenvalue weighted by molar-refractivity contribution is 7.13. The van der Waals surface area contributed by atoms with Crippen molar-refractivity contribution in [1.29, 1.82) is 0 Å². The first kappa shape index (κ1) is 11.3. The fraction of sp³-hybridized carbons (Fsp3) is 0.600. The van der Waals surface area contributed by atoms with Crippen LogP contribution in [0.25, 0.3) is 0 Å². The highest BCUT2D eigenvalue weighted by atomic mass is 32.1. The van der Waals surface area contributed by atoms with Crippen LogP contribution < -0.4 is 5.73 Å². The van der Waals surface area contributed by atoms with E-state index in [1.165, 1.54) is 11.3 Å². The van der Waals surface area contributed by atoms with Crippen molar-refractivity contribution in [3.63, 3.8) is 0 Å². The van der Waals surface area contributed by atoms with Gasteiger partial charge in [0.1, 0.15) is 0 Å². The minimum atomic E-state index is -0.00462. The average molecular weight is 212 g/mol. The number of hydrogen-bond acceptors (Lipinski definition) is 4. The van der Waals surface area contributed by atoms with Crippen molar-refractivity contribution in [2.45, 2.75) is 27.2 Å². The zero-order chi connectivity index (χ0) is 10.7. The van der Waals surface area contributed by atoms with Gasteiger partial charge in [0.05, 0.1) is 22.1 Å². The normalized spacial score (nSPS) is 10.9. The monoisotopic (exact) mass is 212 g/mol. The predicted octanol–water partition coefficient (Wildman–Crippen LogP) is 1.79. The molecule has 78 valence electrons. The SMILES string of the molecule is Cc1nc(CC(C)C)sc1C(=O)CN. The number of rotatable bonds is 4. The number of aryl methyl sites for hydroxylation is 1. The van der Waals surface area contributed by atoms with Crippen molar-refractivity contribution in [3.8, 4) is 0 Å². The topological polar surface area (TPSA) is 56.0 Å². The lowest BCUT2D eigenvalue weighted by Crippen LogP contribution is -2.13. The van der Waals surface area contributed by atoms with Gasteiger partial charge in [0, 0.05) is 6.42 Å². The van der Waals surface area contributed by atoms with E-state index in [2.05, 4.69) is 18.8 Å². The third-order valence-corrected chi connectivity index (χ3v) is 3.08. The molecular weight excluding hydrogens is 196 g/mol. The second-order valence-electron chi connectivity index (χ2n) is 3.75. The summed E-state index contributed by atoms with van der Waals surface area (Å²) in [6.45, 7) is 6.22. The molecule has 0 saturated heterocycles. The van der Waals surface area contributed by atoms with Gasteiger partial charge in [-0.15, -0.1) is 11.3 Å². The fourth-order valence-corrected chi connectivity index (χ4v) is 2.47. The summed E-state index contributed by atoms with van der Waals surface area (Å²) in [5.74, 6) is 0.566. The molecular formula is C10H16N2OS. The van der Waals surface area contributed by atoms with E-state index in [0.717, 1.165) is 22.0 Å². The molecule has 0 fully saturated rings. The number of Topliss-reactive ketones (excluding diaryl/α,β-unsaturated/α-hetero) is 1. The van der Waals surface area contributed by atoms with Gasteiger partial charge >= 0.3 is 0 Å². The summed E-state index contributed by atoms with van der Waals surface area (Å²) in [7, 11) is 0. The zero-order valence-corrected chi connectivity index (χ0v) is 9.65. The van der Waals surface area contributed by atoms with E-state index in [-0.39, 0.29) is 12.3 Å². The summed E-state index contributed by atoms with van der Waals surface area (Å²) >= 11 is 1.48. The van der Waals surface area contributed by atoms with Gasteiger partial charge in [-0.1, -0.05) is 13.8 Å². The largest absolute Gasteiger partial charge is 0.324 e. The summed E-state index contributed by atoms with van der Waals surface area (Å²) in [5, 5.41) is 1.04. The van der Waals surface area contributed by atoms with E-state index in [9.17, 15) is 4.79 Å². The molecule has 3 nitrogen and oxygen atoms in total. The molecule has 0 atom stereocenters. The van der Waals surface area contributed by atoms with Crippen molar-refractivity contribution in [3.05, 3.63) is 15.6 Å². The van der Waals surface area contributed by atoms with E-state index in [1.54, 1.807) is 0 Å². The number of nitrogens with zero attached hydrogens (tertiary/aromatic N) is 1. The Labute approximate surface area is 88.3 Å². The summed E-state index contributed by atoms with van der Waals surface area (Å²) in [6, 6.07) is 0. The van der Waals surface area contributed by atoms with Crippen LogP contribution in [0.15, 0.2) is 0 Å². The van der Waals surface area contributed by atoms with Gasteiger partial charge in [0.2, 0.25) is 0 Å². The number of ketones is 1. The summed E-state index contributed by atoms with van der Waals surface area (Å²) in [4.78, 5) is 16.5. The zero-order valence-electron chi connectivity index (χ0n) is 8.83. The molecule has 1 heterocycles. The van der Waals surface area contributed by atoms with Crippen LogP contribution in [0.3, 0.4) is 0 Å². The Morgan fingerprint density at radius 3 is 2.71 bits per heavy atom. The number of carbonyl (C=O) groups is 1. The third kappa shape index (κ3) is 2.62. The summed E-state index contributed by atoms with van der Waals surface area (Å²) in [6.07, 6.45) is 0.934. The second-order valence-corrected chi connectivity index (χ2v) is 4.83. The lowest BCUT2D eigenvalue weighted by atomic mass is 10.1. The molecule has 4 heteroatoms. The minimum Gasteiger partial charge on any atom is -0.324 e. The number of carbonyl (C=O) groups excluding carboxylic acids is 1. The number of nitrogens with two attached hydrogens (primary N) is 1. The first-order chi connectivity index (χ1) is 6.54. The molecule has 0 aromatic carbocycles. The molecule has 2 N–H and O–H groups in total. The van der Waals surface area contributed by atoms with Crippen LogP contribution in [0.4, 0.5) is 0 Å². The lowest BCUT2D eigenvalue weighted by molar-refractivity contribution is 0.100. The van der Waals surface area contributed by atoms with Gasteiger partial charge in [-0.25, -0.2) is 4.98 Å². The lowest BCUT2D eigenvalue weighted by Gasteiger charge is -1.97. The van der Waals surface area contributed by atoms with E-state index < -0.39 is 0 Å². The first-order valence-electron chi connectivity index (χ1n) is 4.74. The molecule has 0 aliphatic rings. The van der Waals surface area contributed by atoms with Crippen molar-refractivity contribution < 1.29 is 4.79 Å². The maximum absolute atomic E-state index is 11.4. The molecule has 0 spiro atoms. The Kier molecular flexibility index (Phi) is 3.77. The molecule has 0 amide bonds. The number of thiazole rings is 1. The fourth-order valence-electron chi connectivity index (χ4n) is 1.24. The van der Waals surface area contributed by atoms with Crippen LogP contribution in [0.1, 0.15) is 34.2 Å². The average Bonchev–Trinajstić information content (AvgIpc) is 2.44. The van der Waals surface area contributed by atoms with Gasteiger partial charge in [-0.3, -0.25) is 4.79 Å². The van der Waals surface area contributed by atoms with Crippen LogP contribution in [-0.4, -0.2) is 17.3 Å². The van der Waals surface area contributed by atoms with Gasteiger partial charge in [-0.05, 0) is 12.8 Å². The van der Waals surface area contributed by atoms with Crippen molar-refractivity contribution >= 4 is 17.1 Å². The predicted molar refractivity (Wildman–Crippen MR) is 58.8 cm³/mol. The number of aromatic nitrogens is 1. The maximum Gasteiger partial charge on any atom is 0.188 e. The summed E-state index contributed by atoms with van der Waals surface area (Å²) < 4.78 is 0. The Bertz CT molecular complexity index is 331. The highest BCUT2D eigenvalue weighted by Gasteiger charge is 2.13. The maximum atomic E-state index is 11.4. The Balaban J connectivity index is 2.87. The molecule has 14 heavy (non-hydrogen) atoms. The van der Waals surface area contributed by atoms with E-state index in [4.69, 9.17) is 5.73 Å². The van der Waals surface area contributed by atoms with Crippen LogP contribution >= 0.6 is 11.3 Å². The van der Waals surface area contributed by atoms with Crippen molar-refractivity contribution in [2.24, 2.45) is 11.7 Å². The van der Waals surface area contributed by atoms with E-state index >= 15 is 0 Å². The smallest absolute Gasteiger partial charge is 0.188 e. The standard InChI is InChI=1S/C10H16N2OS/c1-6(2)4-9-12-7(3)10(14-9)8(13)5-11/h6H,4-5,11H2,1-3H3. The highest BCUT2D eigenvalue weighted by Crippen LogP contribution is 2.20. The van der Waals surface area contributed by atoms with Gasteiger partial charge in [0.15, 0.2) is 5.78 Å². The van der Waals surface area contributed by atoms with Crippen molar-refractivity contribution in [2.75, 3.05) is 6.54 Å². The van der Waals surface area contributed by atoms with Crippen molar-refractivity contribution in [1.82, 2.24) is 4.98 Å². The molecule has 0 aliphatic heterocycles. The van der Waals surface area contributed by atoms with Crippen LogP contribution in [0.2, 0.25) is 0 Å². The molecule has 0 unspecified atom stereocenters. The Morgan fingerprint density at radius 1 is 1.57 bits per heavy atom. The van der Waals surface area contributed by atoms with E-state index in [0.29, 0.717) is 5.92 Å². The minimum absolute atomic E-state index is 0.00462. The molecule has 1 aromatic rings. The van der Waals surface area contributed by atoms with Gasteiger partial charge in [0.25, 0.3) is 0 Å². The molecule has 1 aromatic heterocycles. The second kappa shape index (κ2) is 4.66. The first-order valence-corrected chi connectivity index (χ1v) is 5.55. The van der Waals surface area contributed by atoms with Gasteiger partial charge in [-0.2, -0.15) is 0 Å².